The second-order valence-corrected chi connectivity index (χ2v) is 9.98. The molecule has 0 aliphatic rings. The first-order valence-corrected chi connectivity index (χ1v) is 10.3. The molecular weight excluding hydrogens is 300 g/mol. The molecule has 0 unspecified atom stereocenters. The molecule has 0 aromatic heterocycles. The van der Waals surface area contributed by atoms with E-state index in [2.05, 4.69) is 6.58 Å². The molecule has 0 aliphatic carbocycles. The van der Waals surface area contributed by atoms with E-state index in [1.807, 2.05) is 0 Å². The maximum Gasteiger partial charge on any atom is 0.493 e. The second kappa shape index (κ2) is 9.39. The van der Waals surface area contributed by atoms with Gasteiger partial charge in [0, 0.05) is 47.1 Å². The highest BCUT2D eigenvalue weighted by molar-refractivity contribution is 6.74. The predicted octanol–water partition coefficient (Wildman–Crippen LogP) is 1.22. The number of rotatable bonds is 11. The van der Waals surface area contributed by atoms with E-state index in [1.54, 1.807) is 6.55 Å². The predicted molar refractivity (Wildman–Crippen MR) is 77.1 cm³/mol. The van der Waals surface area contributed by atoms with Gasteiger partial charge in [0.15, 0.2) is 0 Å². The summed E-state index contributed by atoms with van der Waals surface area (Å²) in [5.74, 6) is -0.457. The van der Waals surface area contributed by atoms with Crippen molar-refractivity contribution >= 4 is 23.6 Å². The van der Waals surface area contributed by atoms with Gasteiger partial charge in [0.2, 0.25) is 0 Å². The van der Waals surface area contributed by atoms with Gasteiger partial charge in [-0.3, -0.25) is 0 Å². The van der Waals surface area contributed by atoms with Crippen molar-refractivity contribution in [1.29, 1.82) is 0 Å². The summed E-state index contributed by atoms with van der Waals surface area (Å²) in [6, 6.07) is 0.486. The maximum atomic E-state index is 10.9. The molecule has 7 nitrogen and oxygen atoms in total. The zero-order chi connectivity index (χ0) is 15.6. The smallest absolute Gasteiger partial charge is 0.463 e. The minimum absolute atomic E-state index is 0.244. The number of hydrogen-bond donors (Lipinski definition) is 0. The molecule has 0 rings (SSSR count). The Morgan fingerprint density at radius 2 is 1.65 bits per heavy atom. The molecular formula is C11H24O7Si2. The van der Waals surface area contributed by atoms with E-state index in [0.717, 1.165) is 6.08 Å². The molecule has 0 heterocycles. The van der Waals surface area contributed by atoms with Gasteiger partial charge in [-0.1, -0.05) is 6.58 Å². The number of esters is 1. The van der Waals surface area contributed by atoms with Crippen LogP contribution < -0.4 is 0 Å². The molecule has 0 fully saturated rings. The van der Waals surface area contributed by atoms with Crippen LogP contribution in [0.15, 0.2) is 12.7 Å². The van der Waals surface area contributed by atoms with Gasteiger partial charge >= 0.3 is 23.6 Å². The van der Waals surface area contributed by atoms with Gasteiger partial charge in [0.25, 0.3) is 0 Å². The Kier molecular flexibility index (Phi) is 9.13. The first kappa shape index (κ1) is 19.4. The highest BCUT2D eigenvalue weighted by Gasteiger charge is 2.48. The third-order valence-electron chi connectivity index (χ3n) is 2.74. The molecule has 0 saturated carbocycles. The fraction of sp³-hybridized carbons (Fsp3) is 0.727. The fourth-order valence-corrected chi connectivity index (χ4v) is 6.71. The first-order chi connectivity index (χ1) is 9.40. The van der Waals surface area contributed by atoms with Crippen LogP contribution >= 0.6 is 0 Å². The third kappa shape index (κ3) is 6.26. The van der Waals surface area contributed by atoms with Crippen molar-refractivity contribution < 1.29 is 31.4 Å². The molecule has 0 aromatic carbocycles. The van der Waals surface area contributed by atoms with Gasteiger partial charge in [-0.15, -0.1) is 0 Å². The summed E-state index contributed by atoms with van der Waals surface area (Å²) in [6.45, 7) is 5.32. The second-order valence-electron chi connectivity index (χ2n) is 3.94. The average Bonchev–Trinajstić information content (AvgIpc) is 2.49. The molecule has 0 aromatic rings. The molecule has 0 radical (unpaired) electrons. The number of ether oxygens (including phenoxy) is 1. The molecule has 0 aliphatic heterocycles. The Morgan fingerprint density at radius 1 is 1.10 bits per heavy atom. The Bertz CT molecular complexity index is 303. The van der Waals surface area contributed by atoms with Crippen LogP contribution in [-0.4, -0.2) is 58.6 Å². The van der Waals surface area contributed by atoms with Crippen molar-refractivity contribution in [1.82, 2.24) is 0 Å². The van der Waals surface area contributed by atoms with Gasteiger partial charge in [-0.2, -0.15) is 0 Å². The quantitative estimate of drug-likeness (QED) is 0.245. The van der Waals surface area contributed by atoms with Crippen LogP contribution in [-0.2, 0) is 31.4 Å². The minimum atomic E-state index is -2.91. The van der Waals surface area contributed by atoms with Crippen molar-refractivity contribution in [2.45, 2.75) is 19.0 Å². The topological polar surface area (TPSA) is 72.5 Å². The average molecular weight is 324 g/mol. The Morgan fingerprint density at radius 3 is 2.05 bits per heavy atom. The summed E-state index contributed by atoms with van der Waals surface area (Å²) in [7, 11) is 0.395. The minimum Gasteiger partial charge on any atom is -0.463 e. The normalized spacial score (nSPS) is 12.2. The van der Waals surface area contributed by atoms with E-state index in [1.165, 1.54) is 28.4 Å². The summed E-state index contributed by atoms with van der Waals surface area (Å²) in [4.78, 5) is 10.9. The molecule has 0 bridgehead atoms. The lowest BCUT2D eigenvalue weighted by Crippen LogP contribution is -2.55. The zero-order valence-corrected chi connectivity index (χ0v) is 14.8. The zero-order valence-electron chi connectivity index (χ0n) is 12.8. The molecule has 0 amide bonds. The summed E-state index contributed by atoms with van der Waals surface area (Å²) in [5.41, 5.74) is 0. The number of carbonyl (C=O) groups excluding carboxylic acids is 1. The van der Waals surface area contributed by atoms with Gasteiger partial charge < -0.3 is 26.6 Å². The van der Waals surface area contributed by atoms with Crippen molar-refractivity contribution in [3.05, 3.63) is 12.7 Å². The summed E-state index contributed by atoms with van der Waals surface area (Å²) in [6.07, 6.45) is 1.67. The SMILES string of the molecule is C=CC(=O)OCCC[Si](OC)(OC)O[Si](C)(OC)OC. The van der Waals surface area contributed by atoms with Crippen molar-refractivity contribution in [2.75, 3.05) is 35.0 Å². The summed E-state index contributed by atoms with van der Waals surface area (Å²) in [5, 5.41) is 0. The monoisotopic (exact) mass is 324 g/mol. The van der Waals surface area contributed by atoms with Crippen LogP contribution in [0.2, 0.25) is 12.6 Å². The highest BCUT2D eigenvalue weighted by Crippen LogP contribution is 2.22. The maximum absolute atomic E-state index is 10.9. The molecule has 118 valence electrons. The van der Waals surface area contributed by atoms with E-state index in [-0.39, 0.29) is 6.61 Å². The molecule has 0 saturated heterocycles. The Balaban J connectivity index is 4.52. The molecule has 20 heavy (non-hydrogen) atoms. The first-order valence-electron chi connectivity index (χ1n) is 6.11. The van der Waals surface area contributed by atoms with Crippen molar-refractivity contribution in [2.24, 2.45) is 0 Å². The Labute approximate surface area is 122 Å². The van der Waals surface area contributed by atoms with Gasteiger partial charge in [0.05, 0.1) is 6.61 Å². The molecule has 0 atom stereocenters. The number of hydrogen-bond acceptors (Lipinski definition) is 7. The van der Waals surface area contributed by atoms with E-state index in [4.69, 9.17) is 26.6 Å². The highest BCUT2D eigenvalue weighted by atomic mass is 28.5. The van der Waals surface area contributed by atoms with E-state index >= 15 is 0 Å². The lowest BCUT2D eigenvalue weighted by Gasteiger charge is -2.33. The van der Waals surface area contributed by atoms with E-state index in [9.17, 15) is 4.79 Å². The molecule has 0 spiro atoms. The lowest BCUT2D eigenvalue weighted by molar-refractivity contribution is -0.137. The van der Waals surface area contributed by atoms with Crippen molar-refractivity contribution in [3.63, 3.8) is 0 Å². The Hall–Kier alpha value is -0.556. The fourth-order valence-electron chi connectivity index (χ4n) is 1.39. The third-order valence-corrected chi connectivity index (χ3v) is 9.16. The summed E-state index contributed by atoms with van der Waals surface area (Å²) >= 11 is 0. The van der Waals surface area contributed by atoms with Gasteiger partial charge in [-0.05, 0) is 6.42 Å². The van der Waals surface area contributed by atoms with Crippen LogP contribution in [0.1, 0.15) is 6.42 Å². The molecule has 0 N–H and O–H groups in total. The van der Waals surface area contributed by atoms with Crippen LogP contribution in [0, 0.1) is 0 Å². The molecule has 9 heteroatoms. The van der Waals surface area contributed by atoms with E-state index in [0.29, 0.717) is 12.5 Å². The summed E-state index contributed by atoms with van der Waals surface area (Å²) < 4.78 is 32.2. The van der Waals surface area contributed by atoms with Crippen LogP contribution in [0.3, 0.4) is 0 Å². The van der Waals surface area contributed by atoms with Crippen molar-refractivity contribution in [3.8, 4) is 0 Å². The standard InChI is InChI=1S/C11H24O7Si2/c1-7-11(12)17-9-8-10-20(15-4,16-5)18-19(6,13-2)14-3/h7H,1,8-10H2,2-6H3. The van der Waals surface area contributed by atoms with Crippen LogP contribution in [0.4, 0.5) is 0 Å². The van der Waals surface area contributed by atoms with Crippen LogP contribution in [0.5, 0.6) is 0 Å². The van der Waals surface area contributed by atoms with E-state index < -0.39 is 23.6 Å². The largest absolute Gasteiger partial charge is 0.493 e. The number of carbonyl (C=O) groups is 1. The van der Waals surface area contributed by atoms with Gasteiger partial charge in [-0.25, -0.2) is 4.79 Å². The lowest BCUT2D eigenvalue weighted by atomic mass is 10.5. The van der Waals surface area contributed by atoms with Crippen LogP contribution in [0.25, 0.3) is 0 Å². The van der Waals surface area contributed by atoms with Gasteiger partial charge in [0.1, 0.15) is 0 Å².